The van der Waals surface area contributed by atoms with Crippen molar-refractivity contribution in [1.29, 1.82) is 0 Å². The zero-order chi connectivity index (χ0) is 18.4. The summed E-state index contributed by atoms with van der Waals surface area (Å²) in [7, 11) is 0. The second-order valence-electron chi connectivity index (χ2n) is 5.63. The summed E-state index contributed by atoms with van der Waals surface area (Å²) < 4.78 is 41.6. The number of carbonyl (C=O) groups excluding carboxylic acids is 1. The molecule has 2 aromatic carbocycles. The molecule has 0 aromatic heterocycles. The molecule has 2 N–H and O–H groups in total. The third kappa shape index (κ3) is 6.02. The third-order valence-electron chi connectivity index (χ3n) is 3.50. The molecular formula is C18H19F3N2O2. The number of urea groups is 1. The van der Waals surface area contributed by atoms with E-state index in [0.717, 1.165) is 11.1 Å². The van der Waals surface area contributed by atoms with Crippen molar-refractivity contribution < 1.29 is 22.7 Å². The topological polar surface area (TPSA) is 50.4 Å². The molecule has 2 rings (SSSR count). The van der Waals surface area contributed by atoms with E-state index >= 15 is 0 Å². The van der Waals surface area contributed by atoms with Gasteiger partial charge in [-0.05, 0) is 31.5 Å². The highest BCUT2D eigenvalue weighted by atomic mass is 19.4. The number of aryl methyl sites for hydroxylation is 1. The summed E-state index contributed by atoms with van der Waals surface area (Å²) in [5.74, 6) is 0.0775. The number of alkyl halides is 3. The van der Waals surface area contributed by atoms with Crippen LogP contribution in [0.1, 0.15) is 16.7 Å². The Kier molecular flexibility index (Phi) is 5.90. The summed E-state index contributed by atoms with van der Waals surface area (Å²) in [5, 5.41) is 5.32. The highest BCUT2D eigenvalue weighted by Crippen LogP contribution is 2.27. The van der Waals surface area contributed by atoms with Crippen LogP contribution in [0.25, 0.3) is 0 Å². The van der Waals surface area contributed by atoms with Crippen molar-refractivity contribution in [3.8, 4) is 5.75 Å². The Balaban J connectivity index is 1.94. The summed E-state index contributed by atoms with van der Waals surface area (Å²) in [6.07, 6.45) is -4.42. The standard InChI is InChI=1S/C18H19F3N2O2/c1-12-6-8-14(9-7-12)10-22-17(24)23-15-4-3-5-16(13(15)2)25-11-18(19,20)21/h3-9H,10-11H2,1-2H3,(H2,22,23,24). The van der Waals surface area contributed by atoms with Gasteiger partial charge in [-0.3, -0.25) is 0 Å². The predicted molar refractivity (Wildman–Crippen MR) is 89.8 cm³/mol. The summed E-state index contributed by atoms with van der Waals surface area (Å²) in [4.78, 5) is 12.0. The lowest BCUT2D eigenvalue weighted by Crippen LogP contribution is -2.28. The number of carbonyl (C=O) groups is 1. The number of hydrogen-bond donors (Lipinski definition) is 2. The highest BCUT2D eigenvalue weighted by molar-refractivity contribution is 5.90. The number of amides is 2. The van der Waals surface area contributed by atoms with E-state index in [1.807, 2.05) is 31.2 Å². The Morgan fingerprint density at radius 3 is 2.40 bits per heavy atom. The van der Waals surface area contributed by atoms with Gasteiger partial charge in [0, 0.05) is 17.8 Å². The van der Waals surface area contributed by atoms with Gasteiger partial charge < -0.3 is 15.4 Å². The fourth-order valence-corrected chi connectivity index (χ4v) is 2.12. The average molecular weight is 352 g/mol. The van der Waals surface area contributed by atoms with Crippen LogP contribution < -0.4 is 15.4 Å². The van der Waals surface area contributed by atoms with E-state index in [-0.39, 0.29) is 5.75 Å². The molecule has 0 radical (unpaired) electrons. The molecule has 0 saturated heterocycles. The number of ether oxygens (including phenoxy) is 1. The molecule has 0 aliphatic carbocycles. The Labute approximate surface area is 144 Å². The Morgan fingerprint density at radius 2 is 1.76 bits per heavy atom. The van der Waals surface area contributed by atoms with E-state index in [0.29, 0.717) is 17.8 Å². The number of hydrogen-bond acceptors (Lipinski definition) is 2. The van der Waals surface area contributed by atoms with Gasteiger partial charge in [-0.25, -0.2) is 4.79 Å². The second kappa shape index (κ2) is 7.92. The summed E-state index contributed by atoms with van der Waals surface area (Å²) in [6, 6.07) is 11.8. The lowest BCUT2D eigenvalue weighted by molar-refractivity contribution is -0.153. The minimum Gasteiger partial charge on any atom is -0.484 e. The quantitative estimate of drug-likeness (QED) is 0.828. The van der Waals surface area contributed by atoms with Crippen LogP contribution in [-0.2, 0) is 6.54 Å². The van der Waals surface area contributed by atoms with E-state index in [2.05, 4.69) is 10.6 Å². The first-order valence-corrected chi connectivity index (χ1v) is 7.64. The molecule has 0 heterocycles. The number of rotatable bonds is 5. The molecule has 0 atom stereocenters. The number of anilines is 1. The Hall–Kier alpha value is -2.70. The minimum atomic E-state index is -4.42. The van der Waals surface area contributed by atoms with Gasteiger partial charge in [0.2, 0.25) is 0 Å². The minimum absolute atomic E-state index is 0.0775. The fraction of sp³-hybridized carbons (Fsp3) is 0.278. The van der Waals surface area contributed by atoms with Crippen LogP contribution in [0.2, 0.25) is 0 Å². The number of halogens is 3. The van der Waals surface area contributed by atoms with Crippen molar-refractivity contribution in [1.82, 2.24) is 5.32 Å². The first-order chi connectivity index (χ1) is 11.7. The van der Waals surface area contributed by atoms with Gasteiger partial charge in [0.1, 0.15) is 5.75 Å². The molecule has 25 heavy (non-hydrogen) atoms. The largest absolute Gasteiger partial charge is 0.484 e. The monoisotopic (exact) mass is 352 g/mol. The Bertz CT molecular complexity index is 728. The van der Waals surface area contributed by atoms with E-state index in [4.69, 9.17) is 4.74 Å². The summed E-state index contributed by atoms with van der Waals surface area (Å²) in [5.41, 5.74) is 2.89. The van der Waals surface area contributed by atoms with Gasteiger partial charge in [0.25, 0.3) is 0 Å². The SMILES string of the molecule is Cc1ccc(CNC(=O)Nc2cccc(OCC(F)(F)F)c2C)cc1. The van der Waals surface area contributed by atoms with E-state index in [1.54, 1.807) is 13.0 Å². The lowest BCUT2D eigenvalue weighted by atomic mass is 10.1. The maximum atomic E-state index is 12.3. The number of benzene rings is 2. The van der Waals surface area contributed by atoms with Crippen molar-refractivity contribution >= 4 is 11.7 Å². The maximum absolute atomic E-state index is 12.3. The second-order valence-corrected chi connectivity index (χ2v) is 5.63. The average Bonchev–Trinajstić information content (AvgIpc) is 2.54. The summed E-state index contributed by atoms with van der Waals surface area (Å²) >= 11 is 0. The maximum Gasteiger partial charge on any atom is 0.422 e. The molecule has 2 aromatic rings. The first kappa shape index (κ1) is 18.6. The van der Waals surface area contributed by atoms with Crippen molar-refractivity contribution in [2.75, 3.05) is 11.9 Å². The van der Waals surface area contributed by atoms with Crippen LogP contribution in [0.5, 0.6) is 5.75 Å². The molecule has 0 fully saturated rings. The van der Waals surface area contributed by atoms with Gasteiger partial charge in [-0.2, -0.15) is 13.2 Å². The lowest BCUT2D eigenvalue weighted by Gasteiger charge is -2.15. The molecule has 4 nitrogen and oxygen atoms in total. The molecule has 0 unspecified atom stereocenters. The van der Waals surface area contributed by atoms with Gasteiger partial charge in [-0.1, -0.05) is 35.9 Å². The molecule has 0 bridgehead atoms. The smallest absolute Gasteiger partial charge is 0.422 e. The first-order valence-electron chi connectivity index (χ1n) is 7.64. The van der Waals surface area contributed by atoms with Crippen LogP contribution in [0.15, 0.2) is 42.5 Å². The van der Waals surface area contributed by atoms with Gasteiger partial charge >= 0.3 is 12.2 Å². The zero-order valence-corrected chi connectivity index (χ0v) is 13.9. The zero-order valence-electron chi connectivity index (χ0n) is 13.9. The number of nitrogens with one attached hydrogen (secondary N) is 2. The van der Waals surface area contributed by atoms with Gasteiger partial charge in [-0.15, -0.1) is 0 Å². The molecule has 0 aliphatic heterocycles. The summed E-state index contributed by atoms with van der Waals surface area (Å²) in [6.45, 7) is 2.52. The molecular weight excluding hydrogens is 333 g/mol. The van der Waals surface area contributed by atoms with Crippen LogP contribution >= 0.6 is 0 Å². The van der Waals surface area contributed by atoms with E-state index in [1.165, 1.54) is 12.1 Å². The molecule has 0 spiro atoms. The third-order valence-corrected chi connectivity index (χ3v) is 3.50. The van der Waals surface area contributed by atoms with E-state index < -0.39 is 18.8 Å². The van der Waals surface area contributed by atoms with Crippen molar-refractivity contribution in [3.05, 3.63) is 59.2 Å². The van der Waals surface area contributed by atoms with Crippen LogP contribution in [0.3, 0.4) is 0 Å². The Morgan fingerprint density at radius 1 is 1.08 bits per heavy atom. The molecule has 134 valence electrons. The van der Waals surface area contributed by atoms with Gasteiger partial charge in [0.05, 0.1) is 0 Å². The molecule has 2 amide bonds. The van der Waals surface area contributed by atoms with Crippen molar-refractivity contribution in [3.63, 3.8) is 0 Å². The van der Waals surface area contributed by atoms with Crippen molar-refractivity contribution in [2.45, 2.75) is 26.6 Å². The predicted octanol–water partition coefficient (Wildman–Crippen LogP) is 4.57. The molecule has 7 heteroatoms. The molecule has 0 aliphatic rings. The molecule has 0 saturated carbocycles. The van der Waals surface area contributed by atoms with Crippen LogP contribution in [0, 0.1) is 13.8 Å². The van der Waals surface area contributed by atoms with E-state index in [9.17, 15) is 18.0 Å². The van der Waals surface area contributed by atoms with Crippen molar-refractivity contribution in [2.24, 2.45) is 0 Å². The van der Waals surface area contributed by atoms with Gasteiger partial charge in [0.15, 0.2) is 6.61 Å². The van der Waals surface area contributed by atoms with Crippen LogP contribution in [0.4, 0.5) is 23.7 Å². The fourth-order valence-electron chi connectivity index (χ4n) is 2.12. The highest BCUT2D eigenvalue weighted by Gasteiger charge is 2.28. The normalized spacial score (nSPS) is 11.1. The van der Waals surface area contributed by atoms with Crippen LogP contribution in [-0.4, -0.2) is 18.8 Å².